The van der Waals surface area contributed by atoms with Gasteiger partial charge in [-0.05, 0) is 44.9 Å². The number of amides is 1. The van der Waals surface area contributed by atoms with Gasteiger partial charge in [0.15, 0.2) is 0 Å². The highest BCUT2D eigenvalue weighted by Crippen LogP contribution is 2.38. The van der Waals surface area contributed by atoms with Gasteiger partial charge in [-0.3, -0.25) is 4.79 Å². The van der Waals surface area contributed by atoms with Crippen LogP contribution in [-0.4, -0.2) is 30.0 Å². The summed E-state index contributed by atoms with van der Waals surface area (Å²) in [5.74, 6) is -0.642. The quantitative estimate of drug-likeness (QED) is 0.440. The van der Waals surface area contributed by atoms with E-state index in [9.17, 15) is 9.59 Å². The van der Waals surface area contributed by atoms with Crippen LogP contribution in [0.3, 0.4) is 0 Å². The molecule has 0 bridgehead atoms. The summed E-state index contributed by atoms with van der Waals surface area (Å²) in [6, 6.07) is 3.69. The Labute approximate surface area is 173 Å². The van der Waals surface area contributed by atoms with Crippen molar-refractivity contribution in [2.45, 2.75) is 33.7 Å². The van der Waals surface area contributed by atoms with E-state index in [1.165, 1.54) is 17.4 Å². The lowest BCUT2D eigenvalue weighted by molar-refractivity contribution is -0.111. The molecule has 1 aliphatic heterocycles. The molecule has 0 unspecified atom stereocenters. The molecule has 0 spiro atoms. The molecule has 0 saturated carbocycles. The van der Waals surface area contributed by atoms with Crippen LogP contribution in [0.25, 0.3) is 0 Å². The highest BCUT2D eigenvalue weighted by Gasteiger charge is 2.29. The Morgan fingerprint density at radius 3 is 2.82 bits per heavy atom. The summed E-state index contributed by atoms with van der Waals surface area (Å²) in [5.41, 5.74) is 3.29. The van der Waals surface area contributed by atoms with E-state index in [4.69, 9.17) is 16.3 Å². The second kappa shape index (κ2) is 8.75. The van der Waals surface area contributed by atoms with E-state index >= 15 is 0 Å². The van der Waals surface area contributed by atoms with E-state index in [0.29, 0.717) is 28.7 Å². The van der Waals surface area contributed by atoms with Crippen LogP contribution in [0, 0.1) is 0 Å². The summed E-state index contributed by atoms with van der Waals surface area (Å²) < 4.78 is 5.24. The van der Waals surface area contributed by atoms with Crippen LogP contribution in [0.1, 0.15) is 41.6 Å². The third-order valence-electron chi connectivity index (χ3n) is 4.27. The average molecular weight is 420 g/mol. The van der Waals surface area contributed by atoms with Crippen molar-refractivity contribution in [2.75, 3.05) is 23.4 Å². The predicted molar refractivity (Wildman–Crippen MR) is 112 cm³/mol. The molecule has 28 heavy (non-hydrogen) atoms. The molecular formula is C20H22ClN3O3S. The number of hydrogen-bond acceptors (Lipinski definition) is 6. The van der Waals surface area contributed by atoms with Gasteiger partial charge < -0.3 is 15.0 Å². The molecule has 1 N–H and O–H groups in total. The van der Waals surface area contributed by atoms with Gasteiger partial charge in [0, 0.05) is 17.5 Å². The molecule has 0 fully saturated rings. The minimum absolute atomic E-state index is 0.247. The Morgan fingerprint density at radius 2 is 2.18 bits per heavy atom. The van der Waals surface area contributed by atoms with E-state index in [1.54, 1.807) is 19.2 Å². The van der Waals surface area contributed by atoms with Crippen LogP contribution in [0.5, 0.6) is 0 Å². The van der Waals surface area contributed by atoms with Gasteiger partial charge in [0.1, 0.15) is 10.2 Å². The number of nitrogens with one attached hydrogen (secondary N) is 1. The molecule has 0 aromatic carbocycles. The molecule has 0 aliphatic carbocycles. The topological polar surface area (TPSA) is 71.5 Å². The van der Waals surface area contributed by atoms with E-state index < -0.39 is 5.97 Å². The lowest BCUT2D eigenvalue weighted by Gasteiger charge is -2.28. The number of thiophene rings is 1. The highest BCUT2D eigenvalue weighted by atomic mass is 35.5. The summed E-state index contributed by atoms with van der Waals surface area (Å²) >= 11 is 7.30. The Hall–Kier alpha value is -2.38. The van der Waals surface area contributed by atoms with Crippen molar-refractivity contribution in [3.8, 4) is 0 Å². The molecule has 3 rings (SSSR count). The summed E-state index contributed by atoms with van der Waals surface area (Å²) in [7, 11) is 0. The number of carbonyl (C=O) groups excluding carboxylic acids is 2. The van der Waals surface area contributed by atoms with Crippen molar-refractivity contribution in [1.29, 1.82) is 0 Å². The number of ether oxygens (including phenoxy) is 1. The van der Waals surface area contributed by atoms with Crippen molar-refractivity contribution >= 4 is 45.5 Å². The Kier molecular flexibility index (Phi) is 6.36. The lowest BCUT2D eigenvalue weighted by atomic mass is 10.0. The number of fused-ring (bicyclic) bond motifs is 1. The smallest absolute Gasteiger partial charge is 0.341 e. The fourth-order valence-corrected chi connectivity index (χ4v) is 4.46. The van der Waals surface area contributed by atoms with Gasteiger partial charge in [0.25, 0.3) is 0 Å². The zero-order valence-electron chi connectivity index (χ0n) is 16.0. The highest BCUT2D eigenvalue weighted by molar-refractivity contribution is 7.17. The molecule has 1 aliphatic rings. The molecule has 0 saturated heterocycles. The molecule has 2 aromatic heterocycles. The zero-order valence-corrected chi connectivity index (χ0v) is 17.6. The molecule has 3 heterocycles. The standard InChI is InChI=1S/C20H22ClN3O3S/c1-4-27-20(26)18-14-7-8-24(13-5-6-16(21)22-10-13)11-15(14)28-19(18)23-17(25)9-12(2)3/h5-6,9-10H,4,7-8,11H2,1-3H3,(H,23,25). The van der Waals surface area contributed by atoms with E-state index in [0.717, 1.165) is 28.2 Å². The largest absolute Gasteiger partial charge is 0.462 e. The maximum Gasteiger partial charge on any atom is 0.341 e. The number of hydrogen-bond donors (Lipinski definition) is 1. The first-order valence-corrected chi connectivity index (χ1v) is 10.2. The SMILES string of the molecule is CCOC(=O)c1c(NC(=O)C=C(C)C)sc2c1CCN(c1ccc(Cl)nc1)C2. The zero-order chi connectivity index (χ0) is 20.3. The first-order chi connectivity index (χ1) is 13.4. The second-order valence-corrected chi connectivity index (χ2v) is 8.14. The Morgan fingerprint density at radius 1 is 1.39 bits per heavy atom. The van der Waals surface area contributed by atoms with Gasteiger partial charge in [-0.15, -0.1) is 11.3 Å². The fraction of sp³-hybridized carbons (Fsp3) is 0.350. The maximum absolute atomic E-state index is 12.6. The van der Waals surface area contributed by atoms with Crippen LogP contribution in [0.4, 0.5) is 10.7 Å². The second-order valence-electron chi connectivity index (χ2n) is 6.65. The van der Waals surface area contributed by atoms with Gasteiger partial charge in [-0.2, -0.15) is 0 Å². The van der Waals surface area contributed by atoms with Crippen molar-refractivity contribution in [3.63, 3.8) is 0 Å². The molecule has 6 nitrogen and oxygen atoms in total. The first-order valence-electron chi connectivity index (χ1n) is 9.03. The molecule has 8 heteroatoms. The Bertz CT molecular complexity index is 918. The molecule has 0 atom stereocenters. The van der Waals surface area contributed by atoms with Crippen molar-refractivity contribution in [1.82, 2.24) is 4.98 Å². The third-order valence-corrected chi connectivity index (χ3v) is 5.63. The summed E-state index contributed by atoms with van der Waals surface area (Å²) in [6.07, 6.45) is 3.94. The molecular weight excluding hydrogens is 398 g/mol. The van der Waals surface area contributed by atoms with E-state index in [2.05, 4.69) is 15.2 Å². The van der Waals surface area contributed by atoms with E-state index in [-0.39, 0.29) is 12.5 Å². The van der Waals surface area contributed by atoms with Crippen LogP contribution in [-0.2, 0) is 22.5 Å². The van der Waals surface area contributed by atoms with Gasteiger partial charge in [0.2, 0.25) is 5.91 Å². The Balaban J connectivity index is 1.92. The van der Waals surface area contributed by atoms with Crippen molar-refractivity contribution in [2.24, 2.45) is 0 Å². The molecule has 148 valence electrons. The summed E-state index contributed by atoms with van der Waals surface area (Å²) in [4.78, 5) is 32.2. The minimum Gasteiger partial charge on any atom is -0.462 e. The predicted octanol–water partition coefficient (Wildman–Crippen LogP) is 4.44. The number of pyridine rings is 1. The van der Waals surface area contributed by atoms with Crippen molar-refractivity contribution in [3.05, 3.63) is 51.1 Å². The molecule has 0 radical (unpaired) electrons. The number of nitrogens with zero attached hydrogens (tertiary/aromatic N) is 2. The average Bonchev–Trinajstić information content (AvgIpc) is 2.98. The van der Waals surface area contributed by atoms with Crippen LogP contribution >= 0.6 is 22.9 Å². The van der Waals surface area contributed by atoms with Crippen LogP contribution < -0.4 is 10.2 Å². The number of aromatic nitrogens is 1. The lowest BCUT2D eigenvalue weighted by Crippen LogP contribution is -2.30. The van der Waals surface area contributed by atoms with Crippen molar-refractivity contribution < 1.29 is 14.3 Å². The summed E-state index contributed by atoms with van der Waals surface area (Å²) in [6.45, 7) is 7.13. The normalized spacial score (nSPS) is 12.9. The van der Waals surface area contributed by atoms with Gasteiger partial charge >= 0.3 is 5.97 Å². The van der Waals surface area contributed by atoms with Gasteiger partial charge in [0.05, 0.1) is 30.6 Å². The van der Waals surface area contributed by atoms with Crippen LogP contribution in [0.15, 0.2) is 30.0 Å². The molecule has 1 amide bonds. The molecule has 2 aromatic rings. The summed E-state index contributed by atoms with van der Waals surface area (Å²) in [5, 5.41) is 3.85. The van der Waals surface area contributed by atoms with Gasteiger partial charge in [-0.25, -0.2) is 9.78 Å². The monoisotopic (exact) mass is 419 g/mol. The number of carbonyl (C=O) groups is 2. The minimum atomic E-state index is -0.394. The number of rotatable bonds is 5. The van der Waals surface area contributed by atoms with Gasteiger partial charge in [-0.1, -0.05) is 17.2 Å². The number of anilines is 2. The fourth-order valence-electron chi connectivity index (χ4n) is 3.10. The maximum atomic E-state index is 12.6. The third kappa shape index (κ3) is 4.54. The number of allylic oxidation sites excluding steroid dienone is 1. The number of halogens is 1. The van der Waals surface area contributed by atoms with Crippen LogP contribution in [0.2, 0.25) is 5.15 Å². The van der Waals surface area contributed by atoms with E-state index in [1.807, 2.05) is 19.9 Å². The number of esters is 1. The first kappa shape index (κ1) is 20.4.